The third-order valence-electron chi connectivity index (χ3n) is 3.67. The Morgan fingerprint density at radius 1 is 1.24 bits per heavy atom. The molecule has 0 spiro atoms. The van der Waals surface area contributed by atoms with E-state index in [2.05, 4.69) is 10.6 Å². The van der Waals surface area contributed by atoms with Crippen molar-refractivity contribution in [2.24, 2.45) is 0 Å². The first-order valence-corrected chi connectivity index (χ1v) is 7.39. The Morgan fingerprint density at radius 3 is 2.81 bits per heavy atom. The number of amides is 1. The summed E-state index contributed by atoms with van der Waals surface area (Å²) in [6.07, 6.45) is 0.420. The molecule has 1 atom stereocenters. The highest BCUT2D eigenvalue weighted by atomic mass is 35.5. The van der Waals surface area contributed by atoms with Gasteiger partial charge in [-0.05, 0) is 35.9 Å². The monoisotopic (exact) mass is 320 g/mol. The molecule has 1 unspecified atom stereocenters. The van der Waals surface area contributed by atoms with E-state index in [-0.39, 0.29) is 11.9 Å². The third kappa shape index (κ3) is 2.64. The summed E-state index contributed by atoms with van der Waals surface area (Å²) < 4.78 is 0. The van der Waals surface area contributed by atoms with Crippen LogP contribution in [0, 0.1) is 0 Å². The maximum Gasteiger partial charge on any atom is 0.228 e. The van der Waals surface area contributed by atoms with Crippen LogP contribution < -0.4 is 10.6 Å². The zero-order chi connectivity index (χ0) is 15.0. The van der Waals surface area contributed by atoms with Crippen molar-refractivity contribution in [3.8, 4) is 0 Å². The molecule has 1 amide bonds. The number of nitrogens with one attached hydrogen (secondary N) is 2. The molecule has 2 N–H and O–H groups in total. The van der Waals surface area contributed by atoms with Gasteiger partial charge in [0.2, 0.25) is 5.91 Å². The number of carbonyl (C=O) groups is 1. The molecule has 21 heavy (non-hydrogen) atoms. The van der Waals surface area contributed by atoms with Crippen molar-refractivity contribution in [3.05, 3.63) is 63.1 Å². The normalized spacial score (nSPS) is 14.7. The number of fused-ring (bicyclic) bond motifs is 1. The molecule has 3 rings (SSSR count). The summed E-state index contributed by atoms with van der Waals surface area (Å²) in [6, 6.07) is 11.5. The molecule has 0 bridgehead atoms. The first-order chi connectivity index (χ1) is 10.1. The zero-order valence-electron chi connectivity index (χ0n) is 11.4. The van der Waals surface area contributed by atoms with E-state index in [1.165, 1.54) is 0 Å². The second-order valence-corrected chi connectivity index (χ2v) is 5.79. The first kappa shape index (κ1) is 14.4. The SMILES string of the molecule is CNC(c1ccc2c(c1)CC(=O)N2)c1cccc(Cl)c1Cl. The molecule has 2 aromatic carbocycles. The van der Waals surface area contributed by atoms with Crippen LogP contribution in [0.25, 0.3) is 0 Å². The molecule has 0 radical (unpaired) electrons. The Bertz CT molecular complexity index is 715. The highest BCUT2D eigenvalue weighted by Crippen LogP contribution is 2.35. The average Bonchev–Trinajstić information content (AvgIpc) is 2.83. The van der Waals surface area contributed by atoms with Crippen molar-refractivity contribution in [2.45, 2.75) is 12.5 Å². The minimum Gasteiger partial charge on any atom is -0.326 e. The molecular formula is C16H14Cl2N2O. The molecule has 1 heterocycles. The van der Waals surface area contributed by atoms with Gasteiger partial charge in [-0.1, -0.05) is 47.5 Å². The van der Waals surface area contributed by atoms with E-state index < -0.39 is 0 Å². The summed E-state index contributed by atoms with van der Waals surface area (Å²) >= 11 is 12.4. The molecule has 2 aromatic rings. The quantitative estimate of drug-likeness (QED) is 0.903. The van der Waals surface area contributed by atoms with Crippen LogP contribution >= 0.6 is 23.2 Å². The Morgan fingerprint density at radius 2 is 2.05 bits per heavy atom. The van der Waals surface area contributed by atoms with Crippen LogP contribution in [0.3, 0.4) is 0 Å². The van der Waals surface area contributed by atoms with Gasteiger partial charge < -0.3 is 10.6 Å². The minimum atomic E-state index is -0.0720. The molecule has 0 fully saturated rings. The van der Waals surface area contributed by atoms with Gasteiger partial charge in [0, 0.05) is 5.69 Å². The van der Waals surface area contributed by atoms with E-state index in [1.54, 1.807) is 6.07 Å². The van der Waals surface area contributed by atoms with Gasteiger partial charge in [0.05, 0.1) is 22.5 Å². The Balaban J connectivity index is 2.03. The Hall–Kier alpha value is -1.55. The third-order valence-corrected chi connectivity index (χ3v) is 4.50. The lowest BCUT2D eigenvalue weighted by atomic mass is 9.96. The number of carbonyl (C=O) groups excluding carboxylic acids is 1. The topological polar surface area (TPSA) is 41.1 Å². The number of hydrogen-bond donors (Lipinski definition) is 2. The molecule has 1 aliphatic heterocycles. The Labute approximate surface area is 133 Å². The summed E-state index contributed by atoms with van der Waals surface area (Å²) in [5.74, 6) is 0.0314. The summed E-state index contributed by atoms with van der Waals surface area (Å²) in [5, 5.41) is 7.18. The van der Waals surface area contributed by atoms with Gasteiger partial charge in [-0.3, -0.25) is 4.79 Å². The van der Waals surface area contributed by atoms with E-state index >= 15 is 0 Å². The maximum atomic E-state index is 11.5. The standard InChI is InChI=1S/C16H14Cl2N2O/c1-19-16(11-3-2-4-12(17)15(11)18)9-5-6-13-10(7-9)8-14(21)20-13/h2-7,16,19H,8H2,1H3,(H,20,21). The minimum absolute atomic E-state index is 0.0314. The first-order valence-electron chi connectivity index (χ1n) is 6.64. The molecule has 108 valence electrons. The lowest BCUT2D eigenvalue weighted by molar-refractivity contribution is -0.115. The Kier molecular flexibility index (Phi) is 3.89. The largest absolute Gasteiger partial charge is 0.326 e. The summed E-state index contributed by atoms with van der Waals surface area (Å²) in [7, 11) is 1.87. The van der Waals surface area contributed by atoms with Crippen LogP contribution in [0.5, 0.6) is 0 Å². The average molecular weight is 321 g/mol. The molecule has 0 aromatic heterocycles. The van der Waals surface area contributed by atoms with Crippen LogP contribution in [-0.2, 0) is 11.2 Å². The van der Waals surface area contributed by atoms with Crippen LogP contribution in [-0.4, -0.2) is 13.0 Å². The molecular weight excluding hydrogens is 307 g/mol. The van der Waals surface area contributed by atoms with Crippen LogP contribution in [0.1, 0.15) is 22.7 Å². The lowest BCUT2D eigenvalue weighted by Gasteiger charge is -2.20. The van der Waals surface area contributed by atoms with Gasteiger partial charge in [0.25, 0.3) is 0 Å². The van der Waals surface area contributed by atoms with Gasteiger partial charge in [-0.15, -0.1) is 0 Å². The fourth-order valence-electron chi connectivity index (χ4n) is 2.67. The number of anilines is 1. The number of halogens is 2. The van der Waals surface area contributed by atoms with Crippen molar-refractivity contribution < 1.29 is 4.79 Å². The van der Waals surface area contributed by atoms with Crippen molar-refractivity contribution in [1.29, 1.82) is 0 Å². The molecule has 0 saturated heterocycles. The summed E-state index contributed by atoms with van der Waals surface area (Å²) in [5.41, 5.74) is 3.87. The van der Waals surface area contributed by atoms with Crippen molar-refractivity contribution in [3.63, 3.8) is 0 Å². The van der Waals surface area contributed by atoms with E-state index in [0.717, 1.165) is 22.4 Å². The maximum absolute atomic E-state index is 11.5. The van der Waals surface area contributed by atoms with Crippen molar-refractivity contribution in [2.75, 3.05) is 12.4 Å². The van der Waals surface area contributed by atoms with E-state index in [9.17, 15) is 4.79 Å². The molecule has 0 aliphatic carbocycles. The summed E-state index contributed by atoms with van der Waals surface area (Å²) in [4.78, 5) is 11.5. The van der Waals surface area contributed by atoms with Gasteiger partial charge in [0.1, 0.15) is 0 Å². The molecule has 5 heteroatoms. The molecule has 0 saturated carbocycles. The summed E-state index contributed by atoms with van der Waals surface area (Å²) in [6.45, 7) is 0. The van der Waals surface area contributed by atoms with E-state index in [4.69, 9.17) is 23.2 Å². The molecule has 3 nitrogen and oxygen atoms in total. The van der Waals surface area contributed by atoms with Crippen LogP contribution in [0.15, 0.2) is 36.4 Å². The zero-order valence-corrected chi connectivity index (χ0v) is 12.9. The van der Waals surface area contributed by atoms with E-state index in [0.29, 0.717) is 16.5 Å². The fourth-order valence-corrected chi connectivity index (χ4v) is 3.09. The number of hydrogen-bond acceptors (Lipinski definition) is 2. The van der Waals surface area contributed by atoms with Gasteiger partial charge in [0.15, 0.2) is 0 Å². The van der Waals surface area contributed by atoms with Crippen LogP contribution in [0.4, 0.5) is 5.69 Å². The smallest absolute Gasteiger partial charge is 0.228 e. The number of rotatable bonds is 3. The van der Waals surface area contributed by atoms with Gasteiger partial charge in [-0.2, -0.15) is 0 Å². The number of benzene rings is 2. The van der Waals surface area contributed by atoms with Crippen LogP contribution in [0.2, 0.25) is 10.0 Å². The highest BCUT2D eigenvalue weighted by molar-refractivity contribution is 6.42. The highest BCUT2D eigenvalue weighted by Gasteiger charge is 2.21. The predicted molar refractivity (Wildman–Crippen MR) is 86.1 cm³/mol. The molecule has 1 aliphatic rings. The second-order valence-electron chi connectivity index (χ2n) is 5.01. The van der Waals surface area contributed by atoms with E-state index in [1.807, 2.05) is 37.4 Å². The van der Waals surface area contributed by atoms with Gasteiger partial charge >= 0.3 is 0 Å². The van der Waals surface area contributed by atoms with Crippen molar-refractivity contribution in [1.82, 2.24) is 5.32 Å². The fraction of sp³-hybridized carbons (Fsp3) is 0.188. The predicted octanol–water partition coefficient (Wildman–Crippen LogP) is 3.80. The van der Waals surface area contributed by atoms with Gasteiger partial charge in [-0.25, -0.2) is 0 Å². The lowest BCUT2D eigenvalue weighted by Crippen LogP contribution is -2.18. The van der Waals surface area contributed by atoms with Crippen molar-refractivity contribution >= 4 is 34.8 Å². The second kappa shape index (κ2) is 5.68.